The van der Waals surface area contributed by atoms with Crippen LogP contribution in [0.4, 0.5) is 5.82 Å². The van der Waals surface area contributed by atoms with Crippen LogP contribution in [-0.4, -0.2) is 13.4 Å². The smallest absolute Gasteiger partial charge is 0.263 e. The number of hydrogen-bond donors (Lipinski definition) is 1. The maximum absolute atomic E-state index is 12.7. The molecule has 0 amide bonds. The Morgan fingerprint density at radius 2 is 1.43 bits per heavy atom. The monoisotopic (exact) mass is 385 g/mol. The van der Waals surface area contributed by atoms with Crippen LogP contribution < -0.4 is 4.72 Å². The van der Waals surface area contributed by atoms with E-state index >= 15 is 0 Å². The largest absolute Gasteiger partial charge is 0.263 e. The van der Waals surface area contributed by atoms with Crippen molar-refractivity contribution < 1.29 is 8.42 Å². The van der Waals surface area contributed by atoms with Crippen molar-refractivity contribution in [3.63, 3.8) is 0 Å². The first-order valence-corrected chi connectivity index (χ1v) is 10.0. The topological polar surface area (TPSA) is 82.8 Å². The summed E-state index contributed by atoms with van der Waals surface area (Å²) in [7, 11) is -3.75. The van der Waals surface area contributed by atoms with E-state index in [-0.39, 0.29) is 10.7 Å². The van der Waals surface area contributed by atoms with E-state index in [9.17, 15) is 8.42 Å². The lowest BCUT2D eigenvalue weighted by atomic mass is 10.0. The lowest BCUT2D eigenvalue weighted by molar-refractivity contribution is 0.601. The molecular formula is C22H15N3O2S. The predicted octanol–water partition coefficient (Wildman–Crippen LogP) is 4.57. The predicted molar refractivity (Wildman–Crippen MR) is 109 cm³/mol. The van der Waals surface area contributed by atoms with Crippen molar-refractivity contribution in [3.05, 3.63) is 90.5 Å². The Morgan fingerprint density at radius 1 is 0.786 bits per heavy atom. The lowest BCUT2D eigenvalue weighted by Crippen LogP contribution is -2.13. The van der Waals surface area contributed by atoms with Crippen molar-refractivity contribution in [2.45, 2.75) is 4.90 Å². The fraction of sp³-hybridized carbons (Fsp3) is 0. The summed E-state index contributed by atoms with van der Waals surface area (Å²) in [4.78, 5) is 4.50. The standard InChI is InChI=1S/C22H15N3O2S/c23-15-16-5-7-17(8-6-16)18-9-12-20(13-10-18)28(26,27)25-22-14-11-19-3-1-2-4-21(19)24-22/h1-14H,(H,24,25). The van der Waals surface area contributed by atoms with Crippen LogP contribution in [0.25, 0.3) is 22.0 Å². The van der Waals surface area contributed by atoms with Gasteiger partial charge in [-0.2, -0.15) is 5.26 Å². The van der Waals surface area contributed by atoms with Crippen molar-refractivity contribution >= 4 is 26.7 Å². The minimum Gasteiger partial charge on any atom is -0.263 e. The molecule has 4 aromatic rings. The Bertz CT molecular complexity index is 1290. The molecular weight excluding hydrogens is 370 g/mol. The molecule has 0 unspecified atom stereocenters. The van der Waals surface area contributed by atoms with E-state index in [1.54, 1.807) is 42.5 Å². The zero-order chi connectivity index (χ0) is 19.6. The summed E-state index contributed by atoms with van der Waals surface area (Å²) in [5.74, 6) is 0.273. The molecule has 6 heteroatoms. The minimum atomic E-state index is -3.75. The third-order valence-electron chi connectivity index (χ3n) is 4.35. The molecule has 3 aromatic carbocycles. The Labute approximate surface area is 163 Å². The third-order valence-corrected chi connectivity index (χ3v) is 5.72. The second kappa shape index (κ2) is 7.14. The molecule has 1 heterocycles. The summed E-state index contributed by atoms with van der Waals surface area (Å²) in [5.41, 5.74) is 3.08. The molecule has 0 radical (unpaired) electrons. The van der Waals surface area contributed by atoms with Gasteiger partial charge in [0.2, 0.25) is 0 Å². The molecule has 0 atom stereocenters. The number of rotatable bonds is 4. The SMILES string of the molecule is N#Cc1ccc(-c2ccc(S(=O)(=O)Nc3ccc4ccccc4n3)cc2)cc1. The molecule has 28 heavy (non-hydrogen) atoms. The normalized spacial score (nSPS) is 11.1. The highest BCUT2D eigenvalue weighted by molar-refractivity contribution is 7.92. The highest BCUT2D eigenvalue weighted by atomic mass is 32.2. The van der Waals surface area contributed by atoms with Gasteiger partial charge in [-0.15, -0.1) is 0 Å². The second-order valence-corrected chi connectivity index (χ2v) is 7.89. The van der Waals surface area contributed by atoms with E-state index in [1.165, 1.54) is 0 Å². The molecule has 136 valence electrons. The van der Waals surface area contributed by atoms with Gasteiger partial charge in [-0.3, -0.25) is 4.72 Å². The van der Waals surface area contributed by atoms with Crippen LogP contribution >= 0.6 is 0 Å². The number of nitrogens with one attached hydrogen (secondary N) is 1. The Balaban J connectivity index is 1.58. The van der Waals surface area contributed by atoms with Gasteiger partial charge in [0.25, 0.3) is 10.0 Å². The number of para-hydroxylation sites is 1. The number of anilines is 1. The molecule has 0 fully saturated rings. The van der Waals surface area contributed by atoms with Crippen molar-refractivity contribution in [3.8, 4) is 17.2 Å². The first-order chi connectivity index (χ1) is 13.5. The minimum absolute atomic E-state index is 0.153. The number of fused-ring (bicyclic) bond motifs is 1. The van der Waals surface area contributed by atoms with Gasteiger partial charge in [0.15, 0.2) is 0 Å². The molecule has 0 aliphatic carbocycles. The summed E-state index contributed by atoms with van der Waals surface area (Å²) < 4.78 is 27.9. The molecule has 1 N–H and O–H groups in total. The van der Waals surface area contributed by atoms with Gasteiger partial charge in [0, 0.05) is 5.39 Å². The second-order valence-electron chi connectivity index (χ2n) is 6.21. The van der Waals surface area contributed by atoms with E-state index in [1.807, 2.05) is 42.5 Å². The summed E-state index contributed by atoms with van der Waals surface area (Å²) in [6.07, 6.45) is 0. The molecule has 0 bridgehead atoms. The number of hydrogen-bond acceptors (Lipinski definition) is 4. The summed E-state index contributed by atoms with van der Waals surface area (Å²) >= 11 is 0. The van der Waals surface area contributed by atoms with Gasteiger partial charge in [0.05, 0.1) is 22.0 Å². The maximum Gasteiger partial charge on any atom is 0.263 e. The Hall–Kier alpha value is -3.69. The van der Waals surface area contributed by atoms with Crippen LogP contribution in [0.1, 0.15) is 5.56 Å². The van der Waals surface area contributed by atoms with E-state index in [0.29, 0.717) is 5.56 Å². The highest BCUT2D eigenvalue weighted by Crippen LogP contribution is 2.23. The first-order valence-electron chi connectivity index (χ1n) is 8.54. The average Bonchev–Trinajstić information content (AvgIpc) is 2.73. The number of pyridine rings is 1. The number of sulfonamides is 1. The zero-order valence-corrected chi connectivity index (χ0v) is 15.5. The molecule has 0 aliphatic rings. The van der Waals surface area contributed by atoms with Crippen LogP contribution in [0.2, 0.25) is 0 Å². The van der Waals surface area contributed by atoms with Gasteiger partial charge < -0.3 is 0 Å². The molecule has 4 rings (SSSR count). The average molecular weight is 385 g/mol. The van der Waals surface area contributed by atoms with Gasteiger partial charge in [-0.25, -0.2) is 13.4 Å². The van der Waals surface area contributed by atoms with Crippen molar-refractivity contribution in [1.82, 2.24) is 4.98 Å². The molecule has 5 nitrogen and oxygen atoms in total. The van der Waals surface area contributed by atoms with Crippen molar-refractivity contribution in [2.24, 2.45) is 0 Å². The van der Waals surface area contributed by atoms with E-state index in [4.69, 9.17) is 5.26 Å². The van der Waals surface area contributed by atoms with E-state index in [2.05, 4.69) is 15.8 Å². The fourth-order valence-electron chi connectivity index (χ4n) is 2.88. The summed E-state index contributed by atoms with van der Waals surface area (Å²) in [6.45, 7) is 0. The Morgan fingerprint density at radius 3 is 2.11 bits per heavy atom. The van der Waals surface area contributed by atoms with Crippen LogP contribution in [-0.2, 0) is 10.0 Å². The third kappa shape index (κ3) is 3.56. The molecule has 0 saturated carbocycles. The van der Waals surface area contributed by atoms with Gasteiger partial charge >= 0.3 is 0 Å². The highest BCUT2D eigenvalue weighted by Gasteiger charge is 2.15. The number of nitriles is 1. The number of nitrogens with zero attached hydrogens (tertiary/aromatic N) is 2. The van der Waals surface area contributed by atoms with Gasteiger partial charge in [-0.1, -0.05) is 42.5 Å². The zero-order valence-electron chi connectivity index (χ0n) is 14.7. The number of aromatic nitrogens is 1. The van der Waals surface area contributed by atoms with E-state index < -0.39 is 10.0 Å². The molecule has 0 saturated heterocycles. The van der Waals surface area contributed by atoms with Crippen LogP contribution in [0.5, 0.6) is 0 Å². The van der Waals surface area contributed by atoms with Crippen LogP contribution in [0.15, 0.2) is 89.8 Å². The fourth-order valence-corrected chi connectivity index (χ4v) is 3.88. The van der Waals surface area contributed by atoms with Crippen molar-refractivity contribution in [2.75, 3.05) is 4.72 Å². The molecule has 0 aliphatic heterocycles. The first kappa shape index (κ1) is 17.7. The summed E-state index contributed by atoms with van der Waals surface area (Å²) in [6, 6.07) is 26.8. The maximum atomic E-state index is 12.7. The number of benzene rings is 3. The lowest BCUT2D eigenvalue weighted by Gasteiger charge is -2.09. The van der Waals surface area contributed by atoms with Crippen molar-refractivity contribution in [1.29, 1.82) is 5.26 Å². The van der Waals surface area contributed by atoms with Crippen LogP contribution in [0.3, 0.4) is 0 Å². The summed E-state index contributed by atoms with van der Waals surface area (Å²) in [5, 5.41) is 9.82. The van der Waals surface area contributed by atoms with Crippen LogP contribution in [0, 0.1) is 11.3 Å². The quantitative estimate of drug-likeness (QED) is 0.558. The Kier molecular flexibility index (Phi) is 4.52. The van der Waals surface area contributed by atoms with Gasteiger partial charge in [0.1, 0.15) is 5.82 Å². The molecule has 0 spiro atoms. The van der Waals surface area contributed by atoms with E-state index in [0.717, 1.165) is 22.0 Å². The molecule has 1 aromatic heterocycles. The van der Waals surface area contributed by atoms with Gasteiger partial charge in [-0.05, 0) is 53.6 Å².